The van der Waals surface area contributed by atoms with E-state index in [0.717, 1.165) is 21.2 Å². The van der Waals surface area contributed by atoms with Crippen molar-refractivity contribution in [3.63, 3.8) is 0 Å². The number of nitrogens with one attached hydrogen (secondary N) is 1. The van der Waals surface area contributed by atoms with Crippen LogP contribution in [0.4, 0.5) is 0 Å². The highest BCUT2D eigenvalue weighted by molar-refractivity contribution is 9.10. The lowest BCUT2D eigenvalue weighted by atomic mass is 9.93. The van der Waals surface area contributed by atoms with Crippen LogP contribution in [0, 0.1) is 0 Å². The topological polar surface area (TPSA) is 59.2 Å². The molecule has 4 aromatic rings. The Morgan fingerprint density at radius 3 is 2.52 bits per heavy atom. The number of ketones is 1. The van der Waals surface area contributed by atoms with Gasteiger partial charge >= 0.3 is 0 Å². The molecule has 1 aromatic heterocycles. The van der Waals surface area contributed by atoms with Gasteiger partial charge < -0.3 is 9.72 Å². The van der Waals surface area contributed by atoms with E-state index in [0.29, 0.717) is 21.7 Å². The number of methoxy groups -OCH3 is 1. The zero-order valence-corrected chi connectivity index (χ0v) is 18.8. The fraction of sp³-hybridized carbons (Fsp3) is 0.0400. The van der Waals surface area contributed by atoms with Gasteiger partial charge in [-0.25, -0.2) is 0 Å². The number of carbonyl (C=O) groups excluding carboxylic acids is 1. The number of hydrogen-bond acceptors (Lipinski definition) is 3. The number of fused-ring (bicyclic) bond motifs is 1. The van der Waals surface area contributed by atoms with Crippen molar-refractivity contribution in [2.75, 3.05) is 7.11 Å². The molecule has 0 radical (unpaired) electrons. The van der Waals surface area contributed by atoms with Crippen LogP contribution in [0.25, 0.3) is 28.1 Å². The summed E-state index contributed by atoms with van der Waals surface area (Å²) in [5.74, 6) is 0.315. The first-order valence-corrected chi connectivity index (χ1v) is 10.6. The molecule has 1 heterocycles. The molecule has 0 unspecified atom stereocenters. The number of rotatable bonds is 5. The van der Waals surface area contributed by atoms with Crippen molar-refractivity contribution in [1.29, 1.82) is 0 Å². The Balaban J connectivity index is 1.90. The third kappa shape index (κ3) is 4.33. The Morgan fingerprint density at radius 1 is 1.06 bits per heavy atom. The summed E-state index contributed by atoms with van der Waals surface area (Å²) in [4.78, 5) is 29.0. The fourth-order valence-electron chi connectivity index (χ4n) is 3.41. The SMILES string of the molecule is COc1ccc(/C=C/C(=O)c2c(-c3ccccc3Cl)c3cc(Br)ccc3[nH]c2=O)cc1. The highest BCUT2D eigenvalue weighted by Gasteiger charge is 2.21. The summed E-state index contributed by atoms with van der Waals surface area (Å²) in [6.45, 7) is 0. The van der Waals surface area contributed by atoms with Gasteiger partial charge in [-0.1, -0.05) is 63.9 Å². The average Bonchev–Trinajstić information content (AvgIpc) is 2.78. The molecule has 3 aromatic carbocycles. The number of halogens is 2. The number of aromatic amines is 1. The number of carbonyl (C=O) groups is 1. The second kappa shape index (κ2) is 8.92. The average molecular weight is 495 g/mol. The third-order valence-electron chi connectivity index (χ3n) is 4.91. The summed E-state index contributed by atoms with van der Waals surface area (Å²) < 4.78 is 5.98. The van der Waals surface area contributed by atoms with Crippen LogP contribution in [0.3, 0.4) is 0 Å². The summed E-state index contributed by atoms with van der Waals surface area (Å²) in [5, 5.41) is 1.19. The molecule has 4 nitrogen and oxygen atoms in total. The maximum atomic E-state index is 13.2. The molecule has 0 atom stereocenters. The zero-order valence-electron chi connectivity index (χ0n) is 16.5. The van der Waals surface area contributed by atoms with E-state index < -0.39 is 11.3 Å². The van der Waals surface area contributed by atoms with Crippen LogP contribution in [0.15, 0.2) is 82.1 Å². The predicted octanol–water partition coefficient (Wildman–Crippen LogP) is 6.52. The van der Waals surface area contributed by atoms with Gasteiger partial charge in [0.25, 0.3) is 5.56 Å². The molecule has 0 saturated carbocycles. The lowest BCUT2D eigenvalue weighted by molar-refractivity contribution is 0.104. The van der Waals surface area contributed by atoms with Gasteiger partial charge in [0.15, 0.2) is 5.78 Å². The van der Waals surface area contributed by atoms with Crippen LogP contribution in [0.2, 0.25) is 5.02 Å². The number of hydrogen-bond donors (Lipinski definition) is 1. The minimum atomic E-state index is -0.464. The van der Waals surface area contributed by atoms with E-state index in [1.165, 1.54) is 6.08 Å². The minimum absolute atomic E-state index is 0.0449. The van der Waals surface area contributed by atoms with Crippen LogP contribution in [0.5, 0.6) is 5.75 Å². The molecule has 0 amide bonds. The molecule has 0 spiro atoms. The van der Waals surface area contributed by atoms with Crippen LogP contribution in [-0.2, 0) is 0 Å². The highest BCUT2D eigenvalue weighted by atomic mass is 79.9. The molecular weight excluding hydrogens is 478 g/mol. The standard InChI is InChI=1S/C25H17BrClNO3/c1-31-17-10-6-15(7-11-17)8-13-22(29)24-23(18-4-2-3-5-20(18)27)19-14-16(26)9-12-21(19)28-25(24)30/h2-14H,1H3,(H,28,30)/b13-8+. The monoisotopic (exact) mass is 493 g/mol. The van der Waals surface area contributed by atoms with Crippen molar-refractivity contribution in [1.82, 2.24) is 4.98 Å². The van der Waals surface area contributed by atoms with Gasteiger partial charge in [0.05, 0.1) is 12.7 Å². The maximum absolute atomic E-state index is 13.2. The van der Waals surface area contributed by atoms with E-state index in [4.69, 9.17) is 16.3 Å². The maximum Gasteiger partial charge on any atom is 0.260 e. The molecule has 0 saturated heterocycles. The second-order valence-electron chi connectivity index (χ2n) is 6.84. The summed E-state index contributed by atoms with van der Waals surface area (Å²) in [6.07, 6.45) is 3.07. The summed E-state index contributed by atoms with van der Waals surface area (Å²) in [7, 11) is 1.59. The number of benzene rings is 3. The molecule has 0 aliphatic heterocycles. The second-order valence-corrected chi connectivity index (χ2v) is 8.17. The summed E-state index contributed by atoms with van der Waals surface area (Å²) in [5.41, 5.74) is 2.15. The fourth-order valence-corrected chi connectivity index (χ4v) is 4.01. The van der Waals surface area contributed by atoms with E-state index in [9.17, 15) is 9.59 Å². The normalized spacial score (nSPS) is 11.2. The van der Waals surface area contributed by atoms with E-state index >= 15 is 0 Å². The Morgan fingerprint density at radius 2 is 1.81 bits per heavy atom. The van der Waals surface area contributed by atoms with Gasteiger partial charge in [0.1, 0.15) is 5.75 Å². The summed E-state index contributed by atoms with van der Waals surface area (Å²) in [6, 6.07) is 20.0. The van der Waals surface area contributed by atoms with Crippen molar-refractivity contribution in [2.24, 2.45) is 0 Å². The predicted molar refractivity (Wildman–Crippen MR) is 129 cm³/mol. The van der Waals surface area contributed by atoms with E-state index in [2.05, 4.69) is 20.9 Å². The van der Waals surface area contributed by atoms with Crippen molar-refractivity contribution < 1.29 is 9.53 Å². The number of pyridine rings is 1. The molecule has 31 heavy (non-hydrogen) atoms. The van der Waals surface area contributed by atoms with Crippen LogP contribution in [-0.4, -0.2) is 17.9 Å². The van der Waals surface area contributed by atoms with Crippen LogP contribution >= 0.6 is 27.5 Å². The van der Waals surface area contributed by atoms with E-state index in [-0.39, 0.29) is 5.56 Å². The first-order chi connectivity index (χ1) is 15.0. The van der Waals surface area contributed by atoms with E-state index in [1.54, 1.807) is 43.5 Å². The molecule has 4 rings (SSSR count). The Labute approximate surface area is 192 Å². The van der Waals surface area contributed by atoms with Gasteiger partial charge in [0, 0.05) is 31.5 Å². The quantitative estimate of drug-likeness (QED) is 0.254. The smallest absolute Gasteiger partial charge is 0.260 e. The van der Waals surface area contributed by atoms with Crippen molar-refractivity contribution in [3.8, 4) is 16.9 Å². The molecule has 6 heteroatoms. The lowest BCUT2D eigenvalue weighted by Gasteiger charge is -2.13. The highest BCUT2D eigenvalue weighted by Crippen LogP contribution is 2.35. The lowest BCUT2D eigenvalue weighted by Crippen LogP contribution is -2.18. The van der Waals surface area contributed by atoms with Gasteiger partial charge in [-0.3, -0.25) is 9.59 Å². The molecule has 0 bridgehead atoms. The number of ether oxygens (including phenoxy) is 1. The molecule has 1 N–H and O–H groups in total. The number of aromatic nitrogens is 1. The third-order valence-corrected chi connectivity index (χ3v) is 5.73. The van der Waals surface area contributed by atoms with Gasteiger partial charge in [-0.2, -0.15) is 0 Å². The molecule has 154 valence electrons. The minimum Gasteiger partial charge on any atom is -0.497 e. The van der Waals surface area contributed by atoms with Crippen molar-refractivity contribution in [2.45, 2.75) is 0 Å². The van der Waals surface area contributed by atoms with Gasteiger partial charge in [-0.05, 0) is 48.0 Å². The Kier molecular flexibility index (Phi) is 6.07. The Hall–Kier alpha value is -3.15. The van der Waals surface area contributed by atoms with Crippen molar-refractivity contribution in [3.05, 3.63) is 104 Å². The van der Waals surface area contributed by atoms with Gasteiger partial charge in [0.2, 0.25) is 0 Å². The molecule has 0 aliphatic rings. The number of allylic oxidation sites excluding steroid dienone is 1. The summed E-state index contributed by atoms with van der Waals surface area (Å²) >= 11 is 9.94. The van der Waals surface area contributed by atoms with Gasteiger partial charge in [-0.15, -0.1) is 0 Å². The van der Waals surface area contributed by atoms with Crippen molar-refractivity contribution >= 4 is 50.3 Å². The Bertz CT molecular complexity index is 1370. The molecule has 0 fully saturated rings. The first-order valence-electron chi connectivity index (χ1n) is 9.45. The molecular formula is C25H17BrClNO3. The van der Waals surface area contributed by atoms with Crippen LogP contribution in [0.1, 0.15) is 15.9 Å². The first kappa shape index (κ1) is 21.1. The zero-order chi connectivity index (χ0) is 22.0. The molecule has 0 aliphatic carbocycles. The van der Waals surface area contributed by atoms with E-state index in [1.807, 2.05) is 36.4 Å². The van der Waals surface area contributed by atoms with Crippen LogP contribution < -0.4 is 10.3 Å². The largest absolute Gasteiger partial charge is 0.497 e. The number of H-pyrrole nitrogens is 1.